The molecular formula is C27H23ClF2N4O. The van der Waals surface area contributed by atoms with E-state index in [2.05, 4.69) is 9.88 Å². The van der Waals surface area contributed by atoms with Crippen LogP contribution in [0, 0.1) is 23.0 Å². The zero-order valence-corrected chi connectivity index (χ0v) is 19.5. The number of nitrogens with two attached hydrogens (primary N) is 1. The third-order valence-corrected chi connectivity index (χ3v) is 6.34. The second kappa shape index (κ2) is 9.87. The number of anilines is 1. The van der Waals surface area contributed by atoms with Crippen LogP contribution in [0.2, 0.25) is 0 Å². The van der Waals surface area contributed by atoms with Gasteiger partial charge in [0.1, 0.15) is 23.5 Å². The minimum atomic E-state index is -0.659. The normalized spacial score (nSPS) is 13.9. The molecule has 178 valence electrons. The number of benzene rings is 3. The molecule has 0 saturated carbocycles. The van der Waals surface area contributed by atoms with Crippen LogP contribution in [0.25, 0.3) is 33.2 Å². The summed E-state index contributed by atoms with van der Waals surface area (Å²) in [6.45, 7) is 1.40. The number of phenolic OH excluding ortho intramolecular Hbond substituents is 1. The number of halogens is 3. The summed E-state index contributed by atoms with van der Waals surface area (Å²) in [6, 6.07) is 16.2. The van der Waals surface area contributed by atoms with Gasteiger partial charge in [-0.05, 0) is 54.3 Å². The molecule has 1 aliphatic rings. The van der Waals surface area contributed by atoms with E-state index in [1.54, 1.807) is 24.4 Å². The number of piperidine rings is 1. The number of nitrogens with zero attached hydrogens (tertiary/aromatic N) is 3. The van der Waals surface area contributed by atoms with Crippen molar-refractivity contribution in [3.05, 3.63) is 78.0 Å². The highest BCUT2D eigenvalue weighted by Crippen LogP contribution is 2.41. The van der Waals surface area contributed by atoms with E-state index < -0.39 is 11.6 Å². The summed E-state index contributed by atoms with van der Waals surface area (Å²) in [5.41, 5.74) is 10.1. The van der Waals surface area contributed by atoms with E-state index in [4.69, 9.17) is 5.73 Å². The van der Waals surface area contributed by atoms with Gasteiger partial charge in [0.25, 0.3) is 0 Å². The Hall–Kier alpha value is -3.73. The lowest BCUT2D eigenvalue weighted by molar-refractivity contribution is 0.475. The van der Waals surface area contributed by atoms with Crippen molar-refractivity contribution in [1.29, 1.82) is 5.26 Å². The molecule has 5 rings (SSSR count). The Morgan fingerprint density at radius 3 is 2.37 bits per heavy atom. The fourth-order valence-electron chi connectivity index (χ4n) is 4.60. The second-order valence-electron chi connectivity index (χ2n) is 8.55. The number of pyridine rings is 1. The van der Waals surface area contributed by atoms with E-state index in [-0.39, 0.29) is 29.8 Å². The number of rotatable bonds is 3. The van der Waals surface area contributed by atoms with Crippen molar-refractivity contribution in [2.24, 2.45) is 5.73 Å². The zero-order chi connectivity index (χ0) is 23.8. The van der Waals surface area contributed by atoms with Crippen LogP contribution in [0.4, 0.5) is 14.5 Å². The Balaban J connectivity index is 0.00000289. The van der Waals surface area contributed by atoms with E-state index in [1.165, 1.54) is 12.1 Å². The van der Waals surface area contributed by atoms with E-state index in [0.29, 0.717) is 40.9 Å². The standard InChI is InChI=1S/C27H22F2N4O.ClH/c28-19-10-18(11-20(29)13-19)24-15-32-25-5-4-16(22-3-1-2-17(14-30)27(22)34)12-23(25)26(24)33-8-6-21(31)7-9-33;/h1-5,10-13,15,21,34H,6-9,31H2;1H. The Bertz CT molecular complexity index is 1430. The summed E-state index contributed by atoms with van der Waals surface area (Å²) in [7, 11) is 0. The van der Waals surface area contributed by atoms with Crippen LogP contribution in [-0.4, -0.2) is 29.2 Å². The topological polar surface area (TPSA) is 86.2 Å². The molecule has 5 nitrogen and oxygen atoms in total. The maximum absolute atomic E-state index is 14.1. The number of aromatic hydroxyl groups is 1. The molecule has 1 saturated heterocycles. The van der Waals surface area contributed by atoms with Gasteiger partial charge in [-0.15, -0.1) is 12.4 Å². The molecule has 4 aromatic rings. The van der Waals surface area contributed by atoms with Crippen molar-refractivity contribution in [2.45, 2.75) is 18.9 Å². The van der Waals surface area contributed by atoms with Crippen LogP contribution >= 0.6 is 12.4 Å². The van der Waals surface area contributed by atoms with Gasteiger partial charge in [-0.2, -0.15) is 5.26 Å². The average molecular weight is 493 g/mol. The number of nitriles is 1. The summed E-state index contributed by atoms with van der Waals surface area (Å²) < 4.78 is 28.2. The second-order valence-corrected chi connectivity index (χ2v) is 8.55. The highest BCUT2D eigenvalue weighted by molar-refractivity contribution is 6.02. The van der Waals surface area contributed by atoms with Crippen molar-refractivity contribution in [2.75, 3.05) is 18.0 Å². The van der Waals surface area contributed by atoms with Gasteiger partial charge in [0, 0.05) is 47.9 Å². The van der Waals surface area contributed by atoms with Crippen LogP contribution in [0.3, 0.4) is 0 Å². The lowest BCUT2D eigenvalue weighted by Crippen LogP contribution is -2.40. The van der Waals surface area contributed by atoms with E-state index >= 15 is 0 Å². The Morgan fingerprint density at radius 2 is 1.69 bits per heavy atom. The van der Waals surface area contributed by atoms with Crippen molar-refractivity contribution in [3.63, 3.8) is 0 Å². The quantitative estimate of drug-likeness (QED) is 0.379. The molecule has 0 unspecified atom stereocenters. The Kier molecular flexibility index (Phi) is 6.88. The fraction of sp³-hybridized carbons (Fsp3) is 0.185. The number of hydrogen-bond donors (Lipinski definition) is 2. The Labute approximate surface area is 207 Å². The smallest absolute Gasteiger partial charge is 0.141 e. The molecule has 0 atom stereocenters. The van der Waals surface area contributed by atoms with Gasteiger partial charge in [0.15, 0.2) is 0 Å². The summed E-state index contributed by atoms with van der Waals surface area (Å²) in [6.07, 6.45) is 3.24. The molecule has 35 heavy (non-hydrogen) atoms. The number of hydrogen-bond acceptors (Lipinski definition) is 5. The third kappa shape index (κ3) is 4.63. The first-order valence-electron chi connectivity index (χ1n) is 11.1. The number of fused-ring (bicyclic) bond motifs is 1. The molecule has 2 heterocycles. The predicted octanol–water partition coefficient (Wildman–Crippen LogP) is 5.77. The van der Waals surface area contributed by atoms with Crippen LogP contribution in [0.15, 0.2) is 60.8 Å². The molecule has 8 heteroatoms. The van der Waals surface area contributed by atoms with Gasteiger partial charge in [-0.3, -0.25) is 4.98 Å². The maximum Gasteiger partial charge on any atom is 0.141 e. The first-order valence-corrected chi connectivity index (χ1v) is 11.1. The first kappa shape index (κ1) is 24.4. The van der Waals surface area contributed by atoms with Crippen molar-refractivity contribution in [1.82, 2.24) is 4.98 Å². The van der Waals surface area contributed by atoms with Gasteiger partial charge in [-0.25, -0.2) is 8.78 Å². The molecule has 0 amide bonds. The largest absolute Gasteiger partial charge is 0.506 e. The van der Waals surface area contributed by atoms with Crippen molar-refractivity contribution < 1.29 is 13.9 Å². The zero-order valence-electron chi connectivity index (χ0n) is 18.7. The average Bonchev–Trinajstić information content (AvgIpc) is 2.83. The van der Waals surface area contributed by atoms with Crippen LogP contribution < -0.4 is 10.6 Å². The molecule has 3 N–H and O–H groups in total. The van der Waals surface area contributed by atoms with Gasteiger partial charge in [-0.1, -0.05) is 18.2 Å². The van der Waals surface area contributed by atoms with E-state index in [1.807, 2.05) is 24.3 Å². The minimum Gasteiger partial charge on any atom is -0.506 e. The molecular weight excluding hydrogens is 470 g/mol. The lowest BCUT2D eigenvalue weighted by atomic mass is 9.95. The fourth-order valence-corrected chi connectivity index (χ4v) is 4.60. The first-order chi connectivity index (χ1) is 16.4. The molecule has 3 aromatic carbocycles. The van der Waals surface area contributed by atoms with Gasteiger partial charge >= 0.3 is 0 Å². The van der Waals surface area contributed by atoms with Gasteiger partial charge < -0.3 is 15.7 Å². The summed E-state index contributed by atoms with van der Waals surface area (Å²) >= 11 is 0. The molecule has 0 radical (unpaired) electrons. The van der Waals surface area contributed by atoms with Crippen LogP contribution in [-0.2, 0) is 0 Å². The highest BCUT2D eigenvalue weighted by atomic mass is 35.5. The van der Waals surface area contributed by atoms with Crippen molar-refractivity contribution >= 4 is 29.0 Å². The van der Waals surface area contributed by atoms with Crippen molar-refractivity contribution in [3.8, 4) is 34.1 Å². The lowest BCUT2D eigenvalue weighted by Gasteiger charge is -2.34. The van der Waals surface area contributed by atoms with Gasteiger partial charge in [0.05, 0.1) is 16.8 Å². The SMILES string of the molecule is Cl.N#Cc1cccc(-c2ccc3ncc(-c4cc(F)cc(F)c4)c(N4CCC(N)CC4)c3c2)c1O. The molecule has 1 aliphatic heterocycles. The predicted molar refractivity (Wildman–Crippen MR) is 136 cm³/mol. The molecule has 0 bridgehead atoms. The summed E-state index contributed by atoms with van der Waals surface area (Å²) in [4.78, 5) is 6.75. The molecule has 0 spiro atoms. The van der Waals surface area contributed by atoms with Crippen LogP contribution in [0.5, 0.6) is 5.75 Å². The molecule has 1 fully saturated rings. The van der Waals surface area contributed by atoms with Gasteiger partial charge in [0.2, 0.25) is 0 Å². The van der Waals surface area contributed by atoms with E-state index in [9.17, 15) is 19.1 Å². The Morgan fingerprint density at radius 1 is 0.971 bits per heavy atom. The molecule has 1 aromatic heterocycles. The highest BCUT2D eigenvalue weighted by Gasteiger charge is 2.23. The summed E-state index contributed by atoms with van der Waals surface area (Å²) in [5, 5.41) is 20.7. The monoisotopic (exact) mass is 492 g/mol. The molecule has 0 aliphatic carbocycles. The number of aromatic nitrogens is 1. The maximum atomic E-state index is 14.1. The van der Waals surface area contributed by atoms with E-state index in [0.717, 1.165) is 30.0 Å². The van der Waals surface area contributed by atoms with Crippen LogP contribution in [0.1, 0.15) is 18.4 Å². The third-order valence-electron chi connectivity index (χ3n) is 6.34. The summed E-state index contributed by atoms with van der Waals surface area (Å²) in [5.74, 6) is -1.41. The number of para-hydroxylation sites is 1. The number of phenols is 1. The minimum absolute atomic E-state index is 0.